The van der Waals surface area contributed by atoms with Crippen molar-refractivity contribution in [3.63, 3.8) is 0 Å². The van der Waals surface area contributed by atoms with E-state index >= 15 is 0 Å². The number of aromatic nitrogens is 1. The van der Waals surface area contributed by atoms with Gasteiger partial charge in [0.1, 0.15) is 0 Å². The zero-order chi connectivity index (χ0) is 10.4. The number of fused-ring (bicyclic) bond motifs is 3. The molecule has 0 fully saturated rings. The lowest BCUT2D eigenvalue weighted by atomic mass is 10.1. The van der Waals surface area contributed by atoms with Crippen LogP contribution in [0.2, 0.25) is 0 Å². The number of rotatable bonds is 0. The summed E-state index contributed by atoms with van der Waals surface area (Å²) in [5.74, 6) is 0. The quantitative estimate of drug-likeness (QED) is 0.484. The summed E-state index contributed by atoms with van der Waals surface area (Å²) in [6.07, 6.45) is 0. The highest BCUT2D eigenvalue weighted by atomic mass is 14.7. The normalized spacial score (nSPS) is 11.2. The van der Waals surface area contributed by atoms with Gasteiger partial charge in [0.05, 0.1) is 11.2 Å². The second-order valence-corrected chi connectivity index (χ2v) is 3.70. The third-order valence-corrected chi connectivity index (χ3v) is 2.69. The van der Waals surface area contributed by atoms with Crippen molar-refractivity contribution in [3.05, 3.63) is 36.4 Å². The van der Waals surface area contributed by atoms with Crippen LogP contribution in [0.1, 0.15) is 0 Å². The second kappa shape index (κ2) is 2.67. The first-order chi connectivity index (χ1) is 7.25. The van der Waals surface area contributed by atoms with E-state index in [1.807, 2.05) is 36.4 Å². The molecule has 74 valence electrons. The lowest BCUT2D eigenvalue weighted by molar-refractivity contribution is 1.54. The molecule has 0 saturated carbocycles. The minimum atomic E-state index is 0.766. The van der Waals surface area contributed by atoms with E-state index in [0.29, 0.717) is 0 Å². The van der Waals surface area contributed by atoms with Gasteiger partial charge >= 0.3 is 0 Å². The Bertz CT molecular complexity index is 652. The Balaban J connectivity index is 2.58. The van der Waals surface area contributed by atoms with E-state index in [0.717, 1.165) is 33.2 Å². The van der Waals surface area contributed by atoms with Crippen molar-refractivity contribution in [2.45, 2.75) is 0 Å². The molecule has 0 saturated heterocycles. The van der Waals surface area contributed by atoms with E-state index in [1.165, 1.54) is 0 Å². The average Bonchev–Trinajstić information content (AvgIpc) is 2.58. The van der Waals surface area contributed by atoms with Crippen molar-refractivity contribution in [1.82, 2.24) is 4.98 Å². The highest BCUT2D eigenvalue weighted by Crippen LogP contribution is 2.29. The van der Waals surface area contributed by atoms with E-state index in [4.69, 9.17) is 11.5 Å². The first-order valence-corrected chi connectivity index (χ1v) is 4.81. The Kier molecular flexibility index (Phi) is 1.45. The first kappa shape index (κ1) is 8.17. The van der Waals surface area contributed by atoms with Crippen molar-refractivity contribution in [1.29, 1.82) is 0 Å². The predicted molar refractivity (Wildman–Crippen MR) is 64.6 cm³/mol. The van der Waals surface area contributed by atoms with Gasteiger partial charge < -0.3 is 16.5 Å². The zero-order valence-corrected chi connectivity index (χ0v) is 8.12. The van der Waals surface area contributed by atoms with Gasteiger partial charge in [-0.15, -0.1) is 0 Å². The third-order valence-electron chi connectivity index (χ3n) is 2.69. The number of anilines is 2. The van der Waals surface area contributed by atoms with Crippen molar-refractivity contribution < 1.29 is 0 Å². The number of hydrogen-bond donors (Lipinski definition) is 3. The monoisotopic (exact) mass is 197 g/mol. The lowest BCUT2D eigenvalue weighted by Gasteiger charge is -1.94. The molecule has 0 amide bonds. The third kappa shape index (κ3) is 1.06. The number of nitrogens with one attached hydrogen (secondary N) is 1. The topological polar surface area (TPSA) is 67.8 Å². The van der Waals surface area contributed by atoms with Gasteiger partial charge in [0.15, 0.2) is 0 Å². The summed E-state index contributed by atoms with van der Waals surface area (Å²) in [6.45, 7) is 0. The Hall–Kier alpha value is -2.16. The Labute approximate surface area is 86.7 Å². The minimum absolute atomic E-state index is 0.766. The molecule has 0 radical (unpaired) electrons. The van der Waals surface area contributed by atoms with E-state index in [9.17, 15) is 0 Å². The summed E-state index contributed by atoms with van der Waals surface area (Å²) >= 11 is 0. The van der Waals surface area contributed by atoms with Crippen LogP contribution in [0.3, 0.4) is 0 Å². The molecule has 0 aliphatic carbocycles. The highest BCUT2D eigenvalue weighted by molar-refractivity contribution is 6.11. The number of H-pyrrole nitrogens is 1. The molecular weight excluding hydrogens is 186 g/mol. The Morgan fingerprint density at radius 1 is 0.933 bits per heavy atom. The Morgan fingerprint density at radius 3 is 2.67 bits per heavy atom. The summed E-state index contributed by atoms with van der Waals surface area (Å²) in [4.78, 5) is 3.29. The molecule has 1 heterocycles. The summed E-state index contributed by atoms with van der Waals surface area (Å²) in [6, 6.07) is 11.7. The molecule has 0 spiro atoms. The maximum absolute atomic E-state index is 5.90. The van der Waals surface area contributed by atoms with Crippen molar-refractivity contribution in [2.75, 3.05) is 11.5 Å². The van der Waals surface area contributed by atoms with Gasteiger partial charge in [-0.1, -0.05) is 12.1 Å². The second-order valence-electron chi connectivity index (χ2n) is 3.70. The van der Waals surface area contributed by atoms with Crippen LogP contribution in [-0.2, 0) is 0 Å². The molecular formula is C12H11N3. The highest BCUT2D eigenvalue weighted by Gasteiger charge is 2.05. The molecule has 3 rings (SSSR count). The maximum atomic E-state index is 5.90. The number of para-hydroxylation sites is 1. The van der Waals surface area contributed by atoms with E-state index < -0.39 is 0 Å². The van der Waals surface area contributed by atoms with Gasteiger partial charge in [0.2, 0.25) is 0 Å². The van der Waals surface area contributed by atoms with Crippen LogP contribution in [-0.4, -0.2) is 4.98 Å². The molecule has 5 N–H and O–H groups in total. The molecule has 3 nitrogen and oxygen atoms in total. The zero-order valence-electron chi connectivity index (χ0n) is 8.12. The standard InChI is InChI=1S/C12H11N3/c13-7-4-5-11-9(6-7)8-2-1-3-10(14)12(8)15-11/h1-6,15H,13-14H2. The fourth-order valence-electron chi connectivity index (χ4n) is 1.96. The van der Waals surface area contributed by atoms with Gasteiger partial charge in [0, 0.05) is 22.0 Å². The van der Waals surface area contributed by atoms with Crippen molar-refractivity contribution in [2.24, 2.45) is 0 Å². The van der Waals surface area contributed by atoms with Gasteiger partial charge in [0.25, 0.3) is 0 Å². The molecule has 1 aromatic heterocycles. The molecule has 0 unspecified atom stereocenters. The Morgan fingerprint density at radius 2 is 1.80 bits per heavy atom. The van der Waals surface area contributed by atoms with Crippen molar-refractivity contribution in [3.8, 4) is 0 Å². The summed E-state index contributed by atoms with van der Waals surface area (Å²) in [7, 11) is 0. The number of hydrogen-bond acceptors (Lipinski definition) is 2. The van der Waals surface area contributed by atoms with E-state index in [2.05, 4.69) is 4.98 Å². The molecule has 0 aliphatic heterocycles. The fourth-order valence-corrected chi connectivity index (χ4v) is 1.96. The van der Waals surface area contributed by atoms with Crippen molar-refractivity contribution >= 4 is 33.2 Å². The largest absolute Gasteiger partial charge is 0.399 e. The van der Waals surface area contributed by atoms with Crippen LogP contribution in [0.5, 0.6) is 0 Å². The fraction of sp³-hybridized carbons (Fsp3) is 0. The van der Waals surface area contributed by atoms with Crippen LogP contribution in [0.15, 0.2) is 36.4 Å². The SMILES string of the molecule is Nc1ccc2[nH]c3c(N)cccc3c2c1. The number of nitrogen functional groups attached to an aromatic ring is 2. The predicted octanol–water partition coefficient (Wildman–Crippen LogP) is 2.49. The maximum Gasteiger partial charge on any atom is 0.0698 e. The number of benzene rings is 2. The molecule has 0 atom stereocenters. The molecule has 2 aromatic carbocycles. The van der Waals surface area contributed by atoms with Crippen LogP contribution in [0, 0.1) is 0 Å². The molecule has 0 aliphatic rings. The average molecular weight is 197 g/mol. The summed E-state index contributed by atoms with van der Waals surface area (Å²) in [5.41, 5.74) is 15.2. The van der Waals surface area contributed by atoms with E-state index in [1.54, 1.807) is 0 Å². The van der Waals surface area contributed by atoms with Crippen LogP contribution in [0.4, 0.5) is 11.4 Å². The first-order valence-electron chi connectivity index (χ1n) is 4.81. The summed E-state index contributed by atoms with van der Waals surface area (Å²) in [5, 5.41) is 2.24. The van der Waals surface area contributed by atoms with Gasteiger partial charge in [-0.2, -0.15) is 0 Å². The summed E-state index contributed by atoms with van der Waals surface area (Å²) < 4.78 is 0. The van der Waals surface area contributed by atoms with Gasteiger partial charge in [-0.3, -0.25) is 0 Å². The minimum Gasteiger partial charge on any atom is -0.399 e. The molecule has 3 heteroatoms. The molecule has 0 bridgehead atoms. The van der Waals surface area contributed by atoms with E-state index in [-0.39, 0.29) is 0 Å². The number of nitrogens with two attached hydrogens (primary N) is 2. The molecule has 3 aromatic rings. The lowest BCUT2D eigenvalue weighted by Crippen LogP contribution is -1.84. The van der Waals surface area contributed by atoms with Gasteiger partial charge in [-0.25, -0.2) is 0 Å². The number of aromatic amines is 1. The van der Waals surface area contributed by atoms with Gasteiger partial charge in [-0.05, 0) is 24.3 Å². The molecule has 15 heavy (non-hydrogen) atoms. The smallest absolute Gasteiger partial charge is 0.0698 e. The van der Waals surface area contributed by atoms with Crippen LogP contribution < -0.4 is 11.5 Å². The van der Waals surface area contributed by atoms with Crippen LogP contribution in [0.25, 0.3) is 21.8 Å². The van der Waals surface area contributed by atoms with Crippen LogP contribution >= 0.6 is 0 Å².